The van der Waals surface area contributed by atoms with Crippen molar-refractivity contribution in [3.05, 3.63) is 29.6 Å². The van der Waals surface area contributed by atoms with Gasteiger partial charge >= 0.3 is 0 Å². The molecule has 1 fully saturated rings. The summed E-state index contributed by atoms with van der Waals surface area (Å²) in [6, 6.07) is 3.97. The lowest BCUT2D eigenvalue weighted by Crippen LogP contribution is -2.25. The molecule has 0 aromatic heterocycles. The van der Waals surface area contributed by atoms with Gasteiger partial charge in [0.2, 0.25) is 0 Å². The third-order valence-corrected chi connectivity index (χ3v) is 5.63. The number of nitrogen functional groups attached to an aromatic ring is 1. The first-order chi connectivity index (χ1) is 8.47. The van der Waals surface area contributed by atoms with Crippen molar-refractivity contribution in [1.29, 1.82) is 0 Å². The average Bonchev–Trinajstić information content (AvgIpc) is 2.28. The Morgan fingerprint density at radius 1 is 1.17 bits per heavy atom. The lowest BCUT2D eigenvalue weighted by atomic mass is 10.0. The van der Waals surface area contributed by atoms with Crippen molar-refractivity contribution >= 4 is 15.5 Å². The van der Waals surface area contributed by atoms with Gasteiger partial charge in [0.05, 0.1) is 11.0 Å². The van der Waals surface area contributed by atoms with E-state index in [1.165, 1.54) is 18.2 Å². The zero-order valence-corrected chi connectivity index (χ0v) is 11.0. The van der Waals surface area contributed by atoms with E-state index in [4.69, 9.17) is 5.73 Å². The van der Waals surface area contributed by atoms with E-state index in [0.29, 0.717) is 5.56 Å². The van der Waals surface area contributed by atoms with Crippen LogP contribution < -0.4 is 5.73 Å². The Labute approximate surface area is 107 Å². The first kappa shape index (κ1) is 13.3. The highest BCUT2D eigenvalue weighted by Gasteiger charge is 2.27. The molecular weight excluding hydrogens is 253 g/mol. The Morgan fingerprint density at radius 2 is 1.83 bits per heavy atom. The molecule has 2 N–H and O–H groups in total. The molecule has 18 heavy (non-hydrogen) atoms. The molecule has 1 aromatic rings. The van der Waals surface area contributed by atoms with E-state index in [2.05, 4.69) is 0 Å². The molecule has 0 spiro atoms. The average molecular weight is 271 g/mol. The standard InChI is InChI=1S/C13H18FNO2S/c14-11-6-10(7-12(15)8-11)9-18(16,17)13-4-2-1-3-5-13/h6-8,13H,1-5,9,15H2. The van der Waals surface area contributed by atoms with Gasteiger partial charge in [0.15, 0.2) is 9.84 Å². The van der Waals surface area contributed by atoms with Gasteiger partial charge < -0.3 is 5.73 Å². The largest absolute Gasteiger partial charge is 0.399 e. The predicted octanol–water partition coefficient (Wildman–Crippen LogP) is 2.66. The quantitative estimate of drug-likeness (QED) is 0.860. The van der Waals surface area contributed by atoms with Gasteiger partial charge in [0.1, 0.15) is 5.82 Å². The number of nitrogens with two attached hydrogens (primary N) is 1. The molecule has 1 aliphatic rings. The summed E-state index contributed by atoms with van der Waals surface area (Å²) in [6.45, 7) is 0. The molecule has 5 heteroatoms. The molecule has 0 radical (unpaired) electrons. The van der Waals surface area contributed by atoms with Gasteiger partial charge in [-0.3, -0.25) is 0 Å². The topological polar surface area (TPSA) is 60.2 Å². The summed E-state index contributed by atoms with van der Waals surface area (Å²) in [7, 11) is -3.19. The van der Waals surface area contributed by atoms with Crippen LogP contribution in [0.5, 0.6) is 0 Å². The van der Waals surface area contributed by atoms with Crippen LogP contribution in [0.1, 0.15) is 37.7 Å². The maximum absolute atomic E-state index is 13.2. The molecule has 1 aliphatic carbocycles. The van der Waals surface area contributed by atoms with Gasteiger partial charge in [-0.15, -0.1) is 0 Å². The van der Waals surface area contributed by atoms with E-state index in [1.54, 1.807) is 0 Å². The van der Waals surface area contributed by atoms with Crippen LogP contribution in [-0.4, -0.2) is 13.7 Å². The molecule has 0 aliphatic heterocycles. The Bertz CT molecular complexity index is 502. The van der Waals surface area contributed by atoms with Gasteiger partial charge in [-0.2, -0.15) is 0 Å². The minimum absolute atomic E-state index is 0.111. The second-order valence-corrected chi connectivity index (χ2v) is 7.24. The fourth-order valence-corrected chi connectivity index (χ4v) is 4.45. The van der Waals surface area contributed by atoms with Crippen LogP contribution in [0, 0.1) is 5.82 Å². The van der Waals surface area contributed by atoms with Crippen LogP contribution >= 0.6 is 0 Å². The van der Waals surface area contributed by atoms with Crippen LogP contribution in [0.3, 0.4) is 0 Å². The van der Waals surface area contributed by atoms with Crippen LogP contribution in [0.15, 0.2) is 18.2 Å². The normalized spacial score (nSPS) is 17.8. The first-order valence-corrected chi connectivity index (χ1v) is 7.95. The molecular formula is C13H18FNO2S. The second-order valence-electron chi connectivity index (χ2n) is 4.96. The molecule has 0 atom stereocenters. The summed E-state index contributed by atoms with van der Waals surface area (Å²) in [5, 5.41) is -0.268. The number of sulfone groups is 1. The number of halogens is 1. The summed E-state index contributed by atoms with van der Waals surface area (Å²) in [5.74, 6) is -0.594. The highest BCUT2D eigenvalue weighted by molar-refractivity contribution is 7.91. The molecule has 0 saturated heterocycles. The van der Waals surface area contributed by atoms with E-state index in [9.17, 15) is 12.8 Å². The van der Waals surface area contributed by atoms with E-state index >= 15 is 0 Å². The summed E-state index contributed by atoms with van der Waals surface area (Å²) >= 11 is 0. The minimum Gasteiger partial charge on any atom is -0.399 e. The minimum atomic E-state index is -3.19. The smallest absolute Gasteiger partial charge is 0.157 e. The SMILES string of the molecule is Nc1cc(F)cc(CS(=O)(=O)C2CCCCC2)c1. The number of benzene rings is 1. The van der Waals surface area contributed by atoms with Crippen molar-refractivity contribution in [2.45, 2.75) is 43.1 Å². The maximum atomic E-state index is 13.2. The molecule has 0 heterocycles. The van der Waals surface area contributed by atoms with Crippen LogP contribution in [0.2, 0.25) is 0 Å². The summed E-state index contributed by atoms with van der Waals surface area (Å²) in [5.41, 5.74) is 6.23. The van der Waals surface area contributed by atoms with Crippen molar-refractivity contribution in [2.75, 3.05) is 5.73 Å². The molecule has 0 amide bonds. The van der Waals surface area contributed by atoms with Crippen molar-refractivity contribution in [3.63, 3.8) is 0 Å². The Hall–Kier alpha value is -1.10. The lowest BCUT2D eigenvalue weighted by molar-refractivity contribution is 0.483. The summed E-state index contributed by atoms with van der Waals surface area (Å²) in [6.07, 6.45) is 4.50. The Balaban J connectivity index is 2.16. The highest BCUT2D eigenvalue weighted by Crippen LogP contribution is 2.26. The molecule has 0 bridgehead atoms. The van der Waals surface area contributed by atoms with Crippen molar-refractivity contribution in [1.82, 2.24) is 0 Å². The van der Waals surface area contributed by atoms with E-state index in [-0.39, 0.29) is 16.7 Å². The Kier molecular flexibility index (Phi) is 3.90. The molecule has 1 saturated carbocycles. The molecule has 0 unspecified atom stereocenters. The summed E-state index contributed by atoms with van der Waals surface area (Å²) in [4.78, 5) is 0. The Morgan fingerprint density at radius 3 is 2.44 bits per heavy atom. The monoisotopic (exact) mass is 271 g/mol. The highest BCUT2D eigenvalue weighted by atomic mass is 32.2. The van der Waals surface area contributed by atoms with Crippen LogP contribution in [0.4, 0.5) is 10.1 Å². The number of anilines is 1. The van der Waals surface area contributed by atoms with Crippen molar-refractivity contribution < 1.29 is 12.8 Å². The van der Waals surface area contributed by atoms with Crippen LogP contribution in [0.25, 0.3) is 0 Å². The molecule has 3 nitrogen and oxygen atoms in total. The lowest BCUT2D eigenvalue weighted by Gasteiger charge is -2.21. The summed E-state index contributed by atoms with van der Waals surface area (Å²) < 4.78 is 37.6. The number of hydrogen-bond donors (Lipinski definition) is 1. The zero-order chi connectivity index (χ0) is 13.2. The van der Waals surface area contributed by atoms with E-state index in [0.717, 1.165) is 32.1 Å². The van der Waals surface area contributed by atoms with Crippen molar-refractivity contribution in [2.24, 2.45) is 0 Å². The van der Waals surface area contributed by atoms with Crippen LogP contribution in [-0.2, 0) is 15.6 Å². The van der Waals surface area contributed by atoms with E-state index in [1.807, 2.05) is 0 Å². The van der Waals surface area contributed by atoms with Crippen molar-refractivity contribution in [3.8, 4) is 0 Å². The second kappa shape index (κ2) is 5.26. The maximum Gasteiger partial charge on any atom is 0.157 e. The predicted molar refractivity (Wildman–Crippen MR) is 70.3 cm³/mol. The van der Waals surface area contributed by atoms with E-state index < -0.39 is 15.7 Å². The van der Waals surface area contributed by atoms with Gasteiger partial charge in [-0.1, -0.05) is 19.3 Å². The van der Waals surface area contributed by atoms with Gasteiger partial charge in [0.25, 0.3) is 0 Å². The fourth-order valence-electron chi connectivity index (χ4n) is 2.53. The third-order valence-electron chi connectivity index (χ3n) is 3.41. The number of rotatable bonds is 3. The van der Waals surface area contributed by atoms with Gasteiger partial charge in [-0.25, -0.2) is 12.8 Å². The third kappa shape index (κ3) is 3.22. The zero-order valence-electron chi connectivity index (χ0n) is 10.2. The van der Waals surface area contributed by atoms with Gasteiger partial charge in [0, 0.05) is 5.69 Å². The molecule has 2 rings (SSSR count). The first-order valence-electron chi connectivity index (χ1n) is 6.24. The number of hydrogen-bond acceptors (Lipinski definition) is 3. The molecule has 1 aromatic carbocycles. The fraction of sp³-hybridized carbons (Fsp3) is 0.538. The molecule has 100 valence electrons. The van der Waals surface area contributed by atoms with Gasteiger partial charge in [-0.05, 0) is 36.6 Å².